The molecule has 120 valence electrons. The van der Waals surface area contributed by atoms with Crippen LogP contribution in [-0.2, 0) is 14.1 Å². The van der Waals surface area contributed by atoms with E-state index in [1.54, 1.807) is 16.2 Å². The molecule has 0 aliphatic heterocycles. The third-order valence-corrected chi connectivity index (χ3v) is 4.58. The van der Waals surface area contributed by atoms with Gasteiger partial charge in [0.2, 0.25) is 5.95 Å². The van der Waals surface area contributed by atoms with Gasteiger partial charge in [-0.25, -0.2) is 4.79 Å². The summed E-state index contributed by atoms with van der Waals surface area (Å²) in [5, 5.41) is 3.15. The number of nitrogens with zero attached hydrogens (tertiary/aromatic N) is 4. The van der Waals surface area contributed by atoms with E-state index in [0.29, 0.717) is 23.7 Å². The Labute approximate surface area is 128 Å². The average Bonchev–Trinajstić information content (AvgIpc) is 2.84. The molecule has 1 saturated carbocycles. The maximum absolute atomic E-state index is 12.6. The monoisotopic (exact) mass is 305 g/mol. The molecule has 2 heterocycles. The zero-order valence-electron chi connectivity index (χ0n) is 13.4. The van der Waals surface area contributed by atoms with E-state index in [-0.39, 0.29) is 17.3 Å². The van der Waals surface area contributed by atoms with Crippen LogP contribution in [0.15, 0.2) is 9.59 Å². The van der Waals surface area contributed by atoms with Crippen LogP contribution in [0.25, 0.3) is 11.2 Å². The predicted octanol–water partition coefficient (Wildman–Crippen LogP) is 1.37. The molecule has 1 fully saturated rings. The maximum atomic E-state index is 12.6. The molecule has 1 aliphatic carbocycles. The zero-order valence-corrected chi connectivity index (χ0v) is 13.4. The molecule has 2 aromatic rings. The molecule has 0 atom stereocenters. The first-order chi connectivity index (χ1) is 10.6. The third kappa shape index (κ3) is 2.15. The number of fused-ring (bicyclic) bond motifs is 1. The van der Waals surface area contributed by atoms with Crippen LogP contribution in [0.2, 0.25) is 0 Å². The molecule has 3 rings (SSSR count). The summed E-state index contributed by atoms with van der Waals surface area (Å²) >= 11 is 0. The van der Waals surface area contributed by atoms with E-state index in [4.69, 9.17) is 0 Å². The average molecular weight is 305 g/mol. The molecule has 7 nitrogen and oxygen atoms in total. The lowest BCUT2D eigenvalue weighted by Gasteiger charge is -2.24. The zero-order chi connectivity index (χ0) is 15.9. The molecule has 1 aliphatic rings. The molecule has 7 heteroatoms. The topological polar surface area (TPSA) is 73.8 Å². The van der Waals surface area contributed by atoms with Gasteiger partial charge >= 0.3 is 5.69 Å². The summed E-state index contributed by atoms with van der Waals surface area (Å²) in [5.41, 5.74) is 0.457. The Kier molecular flexibility index (Phi) is 3.80. The summed E-state index contributed by atoms with van der Waals surface area (Å²) in [7, 11) is 3.35. The van der Waals surface area contributed by atoms with E-state index in [1.807, 2.05) is 14.0 Å². The van der Waals surface area contributed by atoms with Crippen molar-refractivity contribution >= 4 is 17.1 Å². The second-order valence-electron chi connectivity index (χ2n) is 6.01. The van der Waals surface area contributed by atoms with Crippen molar-refractivity contribution in [1.82, 2.24) is 18.7 Å². The SMILES string of the molecule is CCNc1nc2c(c(=O)n(C)c(=O)n2C2CCCCC2)n1C. The summed E-state index contributed by atoms with van der Waals surface area (Å²) in [6.45, 7) is 2.69. The summed E-state index contributed by atoms with van der Waals surface area (Å²) in [6, 6.07) is 0.139. The fraction of sp³-hybridized carbons (Fsp3) is 0.667. The van der Waals surface area contributed by atoms with Crippen LogP contribution >= 0.6 is 0 Å². The lowest BCUT2D eigenvalue weighted by atomic mass is 9.95. The van der Waals surface area contributed by atoms with E-state index in [2.05, 4.69) is 10.3 Å². The van der Waals surface area contributed by atoms with Gasteiger partial charge in [0.15, 0.2) is 11.2 Å². The molecule has 0 unspecified atom stereocenters. The number of hydrogen-bond acceptors (Lipinski definition) is 4. The Morgan fingerprint density at radius 2 is 1.82 bits per heavy atom. The van der Waals surface area contributed by atoms with Gasteiger partial charge in [0.25, 0.3) is 5.56 Å². The normalized spacial score (nSPS) is 16.3. The van der Waals surface area contributed by atoms with E-state index in [1.165, 1.54) is 11.0 Å². The second-order valence-corrected chi connectivity index (χ2v) is 6.01. The highest BCUT2D eigenvalue weighted by atomic mass is 16.2. The fourth-order valence-corrected chi connectivity index (χ4v) is 3.37. The van der Waals surface area contributed by atoms with Crippen molar-refractivity contribution in [2.24, 2.45) is 14.1 Å². The minimum absolute atomic E-state index is 0.139. The van der Waals surface area contributed by atoms with Gasteiger partial charge in [-0.05, 0) is 19.8 Å². The number of rotatable bonds is 3. The second kappa shape index (κ2) is 5.62. The Morgan fingerprint density at radius 1 is 1.14 bits per heavy atom. The Morgan fingerprint density at radius 3 is 2.45 bits per heavy atom. The molecule has 0 saturated heterocycles. The number of aryl methyl sites for hydroxylation is 1. The van der Waals surface area contributed by atoms with Gasteiger partial charge in [-0.3, -0.25) is 13.9 Å². The van der Waals surface area contributed by atoms with Crippen LogP contribution in [0.5, 0.6) is 0 Å². The number of nitrogens with one attached hydrogen (secondary N) is 1. The molecular weight excluding hydrogens is 282 g/mol. The van der Waals surface area contributed by atoms with Gasteiger partial charge in [0.1, 0.15) is 0 Å². The summed E-state index contributed by atoms with van der Waals surface area (Å²) in [4.78, 5) is 29.7. The molecule has 1 N–H and O–H groups in total. The van der Waals surface area contributed by atoms with Crippen LogP contribution in [0.1, 0.15) is 45.1 Å². The van der Waals surface area contributed by atoms with Crippen molar-refractivity contribution in [3.8, 4) is 0 Å². The minimum Gasteiger partial charge on any atom is -0.356 e. The Bertz CT molecular complexity index is 808. The lowest BCUT2D eigenvalue weighted by Crippen LogP contribution is -2.40. The number of aromatic nitrogens is 4. The van der Waals surface area contributed by atoms with E-state index in [0.717, 1.165) is 25.7 Å². The summed E-state index contributed by atoms with van der Waals surface area (Å²) in [6.07, 6.45) is 5.40. The van der Waals surface area contributed by atoms with Crippen molar-refractivity contribution in [3.63, 3.8) is 0 Å². The van der Waals surface area contributed by atoms with Gasteiger partial charge in [-0.15, -0.1) is 0 Å². The number of hydrogen-bond donors (Lipinski definition) is 1. The van der Waals surface area contributed by atoms with Gasteiger partial charge in [-0.2, -0.15) is 4.98 Å². The molecule has 0 radical (unpaired) electrons. The lowest BCUT2D eigenvalue weighted by molar-refractivity contribution is 0.345. The highest BCUT2D eigenvalue weighted by Gasteiger charge is 2.24. The molecule has 0 aromatic carbocycles. The van der Waals surface area contributed by atoms with Crippen LogP contribution in [0.3, 0.4) is 0 Å². The van der Waals surface area contributed by atoms with Crippen molar-refractivity contribution in [2.75, 3.05) is 11.9 Å². The quantitative estimate of drug-likeness (QED) is 0.929. The van der Waals surface area contributed by atoms with Crippen molar-refractivity contribution < 1.29 is 0 Å². The molecular formula is C15H23N5O2. The van der Waals surface area contributed by atoms with E-state index < -0.39 is 0 Å². The Hall–Kier alpha value is -2.05. The van der Waals surface area contributed by atoms with Gasteiger partial charge in [-0.1, -0.05) is 19.3 Å². The molecule has 0 amide bonds. The third-order valence-electron chi connectivity index (χ3n) is 4.58. The van der Waals surface area contributed by atoms with Crippen LogP contribution in [0.4, 0.5) is 5.95 Å². The summed E-state index contributed by atoms with van der Waals surface area (Å²) < 4.78 is 4.69. The highest BCUT2D eigenvalue weighted by molar-refractivity contribution is 5.74. The van der Waals surface area contributed by atoms with Crippen LogP contribution in [0, 0.1) is 0 Å². The fourth-order valence-electron chi connectivity index (χ4n) is 3.37. The minimum atomic E-state index is -0.286. The number of imidazole rings is 1. The first-order valence-corrected chi connectivity index (χ1v) is 7.98. The van der Waals surface area contributed by atoms with Gasteiger partial charge < -0.3 is 9.88 Å². The van der Waals surface area contributed by atoms with Crippen molar-refractivity contribution in [1.29, 1.82) is 0 Å². The maximum Gasteiger partial charge on any atom is 0.332 e. The first-order valence-electron chi connectivity index (χ1n) is 7.98. The molecule has 0 spiro atoms. The molecule has 22 heavy (non-hydrogen) atoms. The van der Waals surface area contributed by atoms with E-state index in [9.17, 15) is 9.59 Å². The Balaban J connectivity index is 2.32. The highest BCUT2D eigenvalue weighted by Crippen LogP contribution is 2.29. The van der Waals surface area contributed by atoms with E-state index >= 15 is 0 Å². The molecule has 0 bridgehead atoms. The predicted molar refractivity (Wildman–Crippen MR) is 86.5 cm³/mol. The first kappa shape index (κ1) is 14.9. The van der Waals surface area contributed by atoms with Crippen LogP contribution in [-0.4, -0.2) is 25.2 Å². The van der Waals surface area contributed by atoms with Crippen LogP contribution < -0.4 is 16.6 Å². The van der Waals surface area contributed by atoms with Gasteiger partial charge in [0, 0.05) is 26.7 Å². The van der Waals surface area contributed by atoms with Crippen molar-refractivity contribution in [3.05, 3.63) is 20.8 Å². The van der Waals surface area contributed by atoms with Crippen molar-refractivity contribution in [2.45, 2.75) is 45.1 Å². The number of anilines is 1. The standard InChI is InChI=1S/C15H23N5O2/c1-4-16-14-17-12-11(18(14)2)13(21)19(3)15(22)20(12)10-8-6-5-7-9-10/h10H,4-9H2,1-3H3,(H,16,17). The summed E-state index contributed by atoms with van der Waals surface area (Å²) in [5.74, 6) is 0.629. The molecule has 2 aromatic heterocycles. The smallest absolute Gasteiger partial charge is 0.332 e. The largest absolute Gasteiger partial charge is 0.356 e. The van der Waals surface area contributed by atoms with Gasteiger partial charge in [0.05, 0.1) is 0 Å².